The lowest BCUT2D eigenvalue weighted by molar-refractivity contribution is -0.200. The van der Waals surface area contributed by atoms with Gasteiger partial charge in [0.05, 0.1) is 31.6 Å². The fourth-order valence-electron chi connectivity index (χ4n) is 5.58. The van der Waals surface area contributed by atoms with Crippen LogP contribution in [0.25, 0.3) is 0 Å². The number of hydrogen-bond acceptors (Lipinski definition) is 7. The molecule has 4 heterocycles. The SMILES string of the molecule is CCOC(=O)[C@@H]1[C@H](C)N[C@]23O[C@]4(C(=O)OC)CC2c2ccccc2[C@H]1N3C4=O. The summed E-state index contributed by atoms with van der Waals surface area (Å²) in [6.07, 6.45) is 0.211. The van der Waals surface area contributed by atoms with E-state index in [9.17, 15) is 14.4 Å². The van der Waals surface area contributed by atoms with Gasteiger partial charge >= 0.3 is 11.9 Å². The highest BCUT2D eigenvalue weighted by atomic mass is 16.6. The van der Waals surface area contributed by atoms with Gasteiger partial charge in [-0.2, -0.15) is 0 Å². The maximum absolute atomic E-state index is 13.5. The first-order valence-electron chi connectivity index (χ1n) is 9.56. The van der Waals surface area contributed by atoms with Gasteiger partial charge in [0.15, 0.2) is 0 Å². The van der Waals surface area contributed by atoms with Crippen LogP contribution in [0.5, 0.6) is 0 Å². The molecule has 0 saturated carbocycles. The van der Waals surface area contributed by atoms with Crippen LogP contribution in [0.2, 0.25) is 0 Å². The zero-order chi connectivity index (χ0) is 19.8. The van der Waals surface area contributed by atoms with Crippen LogP contribution in [0, 0.1) is 5.92 Å². The Morgan fingerprint density at radius 1 is 1.32 bits per heavy atom. The smallest absolute Gasteiger partial charge is 0.348 e. The van der Waals surface area contributed by atoms with Crippen molar-refractivity contribution in [2.75, 3.05) is 13.7 Å². The highest BCUT2D eigenvalue weighted by Crippen LogP contribution is 2.65. The van der Waals surface area contributed by atoms with Gasteiger partial charge in [0.25, 0.3) is 5.91 Å². The number of carbonyl (C=O) groups excluding carboxylic acids is 3. The number of ether oxygens (including phenoxy) is 3. The van der Waals surface area contributed by atoms with Crippen LogP contribution >= 0.6 is 0 Å². The Kier molecular flexibility index (Phi) is 3.49. The number of esters is 2. The molecular weight excluding hydrogens is 364 g/mol. The summed E-state index contributed by atoms with van der Waals surface area (Å²) in [4.78, 5) is 40.5. The summed E-state index contributed by atoms with van der Waals surface area (Å²) in [5, 5.41) is 3.35. The van der Waals surface area contributed by atoms with E-state index in [-0.39, 0.29) is 31.0 Å². The van der Waals surface area contributed by atoms with Gasteiger partial charge in [0, 0.05) is 12.5 Å². The minimum absolute atomic E-state index is 0.211. The van der Waals surface area contributed by atoms with E-state index < -0.39 is 35.3 Å². The van der Waals surface area contributed by atoms with Crippen molar-refractivity contribution >= 4 is 17.8 Å². The molecule has 1 aromatic carbocycles. The maximum atomic E-state index is 13.5. The van der Waals surface area contributed by atoms with Gasteiger partial charge in [-0.25, -0.2) is 4.79 Å². The molecule has 1 unspecified atom stereocenters. The minimum Gasteiger partial charge on any atom is -0.466 e. The molecule has 1 amide bonds. The third kappa shape index (κ3) is 1.80. The molecule has 0 aliphatic carbocycles. The molecular formula is C20H22N2O6. The van der Waals surface area contributed by atoms with Gasteiger partial charge in [0.2, 0.25) is 11.4 Å². The number of nitrogens with zero attached hydrogens (tertiary/aromatic N) is 1. The molecule has 3 bridgehead atoms. The predicted octanol–water partition coefficient (Wildman–Crippen LogP) is 0.824. The van der Waals surface area contributed by atoms with Crippen LogP contribution in [0.3, 0.4) is 0 Å². The van der Waals surface area contributed by atoms with Crippen molar-refractivity contribution in [3.63, 3.8) is 0 Å². The molecule has 8 heteroatoms. The Morgan fingerprint density at radius 2 is 2.04 bits per heavy atom. The predicted molar refractivity (Wildman–Crippen MR) is 94.7 cm³/mol. The summed E-state index contributed by atoms with van der Waals surface area (Å²) in [5.74, 6) is -3.54. The summed E-state index contributed by atoms with van der Waals surface area (Å²) < 4.78 is 16.5. The fraction of sp³-hybridized carbons (Fsp3) is 0.550. The number of amides is 1. The number of methoxy groups -OCH3 is 1. The van der Waals surface area contributed by atoms with Crippen molar-refractivity contribution in [1.82, 2.24) is 10.2 Å². The van der Waals surface area contributed by atoms with Crippen molar-refractivity contribution in [3.8, 4) is 0 Å². The van der Waals surface area contributed by atoms with Crippen LogP contribution in [0.15, 0.2) is 24.3 Å². The van der Waals surface area contributed by atoms with E-state index in [0.717, 1.165) is 11.1 Å². The van der Waals surface area contributed by atoms with Crippen molar-refractivity contribution < 1.29 is 28.6 Å². The largest absolute Gasteiger partial charge is 0.466 e. The number of nitrogens with one attached hydrogen (secondary N) is 1. The first-order chi connectivity index (χ1) is 13.4. The van der Waals surface area contributed by atoms with Crippen LogP contribution in [0.4, 0.5) is 0 Å². The molecule has 28 heavy (non-hydrogen) atoms. The van der Waals surface area contributed by atoms with Gasteiger partial charge in [-0.15, -0.1) is 0 Å². The normalized spacial score (nSPS) is 39.5. The molecule has 1 aromatic rings. The first-order valence-corrected chi connectivity index (χ1v) is 9.56. The number of piperidine rings is 1. The molecule has 0 aromatic heterocycles. The van der Waals surface area contributed by atoms with Crippen LogP contribution < -0.4 is 5.32 Å². The zero-order valence-corrected chi connectivity index (χ0v) is 15.9. The second kappa shape index (κ2) is 5.55. The number of rotatable bonds is 3. The zero-order valence-electron chi connectivity index (χ0n) is 15.9. The highest BCUT2D eigenvalue weighted by Gasteiger charge is 2.80. The minimum atomic E-state index is -1.68. The third-order valence-electron chi connectivity index (χ3n) is 6.57. The Balaban J connectivity index is 1.74. The monoisotopic (exact) mass is 386 g/mol. The summed E-state index contributed by atoms with van der Waals surface area (Å²) >= 11 is 0. The summed E-state index contributed by atoms with van der Waals surface area (Å²) in [6, 6.07) is 6.86. The quantitative estimate of drug-likeness (QED) is 0.607. The van der Waals surface area contributed by atoms with Crippen molar-refractivity contribution in [1.29, 1.82) is 0 Å². The molecule has 4 aliphatic rings. The molecule has 4 aliphatic heterocycles. The Bertz CT molecular complexity index is 902. The second-order valence-electron chi connectivity index (χ2n) is 7.83. The second-order valence-corrected chi connectivity index (χ2v) is 7.83. The van der Waals surface area contributed by atoms with Gasteiger partial charge < -0.3 is 14.2 Å². The lowest BCUT2D eigenvalue weighted by Gasteiger charge is -2.57. The summed E-state index contributed by atoms with van der Waals surface area (Å²) in [5.41, 5.74) is 0.212. The number of carbonyl (C=O) groups is 3. The summed E-state index contributed by atoms with van der Waals surface area (Å²) in [6.45, 7) is 3.89. The van der Waals surface area contributed by atoms with E-state index in [4.69, 9.17) is 14.2 Å². The number of benzene rings is 1. The molecule has 6 atom stereocenters. The number of hydrogen-bond donors (Lipinski definition) is 1. The molecule has 3 fully saturated rings. The van der Waals surface area contributed by atoms with E-state index in [1.165, 1.54) is 7.11 Å². The Labute approximate surface area is 162 Å². The average Bonchev–Trinajstić information content (AvgIpc) is 3.15. The molecule has 1 N–H and O–H groups in total. The maximum Gasteiger partial charge on any atom is 0.348 e. The van der Waals surface area contributed by atoms with Crippen molar-refractivity contribution in [2.24, 2.45) is 5.92 Å². The fourth-order valence-corrected chi connectivity index (χ4v) is 5.58. The van der Waals surface area contributed by atoms with Crippen LogP contribution in [-0.2, 0) is 28.6 Å². The van der Waals surface area contributed by atoms with E-state index >= 15 is 0 Å². The van der Waals surface area contributed by atoms with Crippen LogP contribution in [0.1, 0.15) is 43.4 Å². The molecule has 148 valence electrons. The summed E-state index contributed by atoms with van der Waals surface area (Å²) in [7, 11) is 1.25. The molecule has 8 nitrogen and oxygen atoms in total. The van der Waals surface area contributed by atoms with Crippen molar-refractivity contribution in [2.45, 2.75) is 49.7 Å². The Hall–Kier alpha value is -2.45. The van der Waals surface area contributed by atoms with Gasteiger partial charge in [-0.1, -0.05) is 24.3 Å². The van der Waals surface area contributed by atoms with Gasteiger partial charge in [-0.3, -0.25) is 19.8 Å². The van der Waals surface area contributed by atoms with E-state index in [1.807, 2.05) is 31.2 Å². The number of fused-ring (bicyclic) bond motifs is 4. The van der Waals surface area contributed by atoms with E-state index in [1.54, 1.807) is 11.8 Å². The molecule has 3 saturated heterocycles. The van der Waals surface area contributed by atoms with Gasteiger partial charge in [0.1, 0.15) is 0 Å². The lowest BCUT2D eigenvalue weighted by atomic mass is 9.68. The molecule has 5 rings (SSSR count). The molecule has 1 spiro atoms. The highest BCUT2D eigenvalue weighted by molar-refractivity contribution is 6.09. The van der Waals surface area contributed by atoms with Crippen molar-refractivity contribution in [3.05, 3.63) is 35.4 Å². The lowest BCUT2D eigenvalue weighted by Crippen LogP contribution is -2.73. The van der Waals surface area contributed by atoms with Gasteiger partial charge in [-0.05, 0) is 25.0 Å². The Morgan fingerprint density at radius 3 is 2.71 bits per heavy atom. The molecule has 0 radical (unpaired) electrons. The third-order valence-corrected chi connectivity index (χ3v) is 6.57. The average molecular weight is 386 g/mol. The van der Waals surface area contributed by atoms with E-state index in [0.29, 0.717) is 0 Å². The van der Waals surface area contributed by atoms with Crippen LogP contribution in [-0.4, -0.2) is 54.0 Å². The topological polar surface area (TPSA) is 94.2 Å². The van der Waals surface area contributed by atoms with E-state index in [2.05, 4.69) is 5.32 Å². The standard InChI is InChI=1S/C20H22N2O6/c1-4-27-16(23)14-10(2)21-20-13-9-19(28-20,18(25)26-3)17(24)22(20)15(14)12-8-6-5-7-11(12)13/h5-8,10,13-15,21H,4,9H2,1-3H3/t10-,13?,14+,15+,19+,20+/m0/s1. The first kappa shape index (κ1) is 17.6.